The van der Waals surface area contributed by atoms with Crippen LogP contribution in [0.2, 0.25) is 0 Å². The lowest BCUT2D eigenvalue weighted by Gasteiger charge is -2.21. The van der Waals surface area contributed by atoms with E-state index in [1.807, 2.05) is 25.1 Å². The van der Waals surface area contributed by atoms with Gasteiger partial charge in [0.05, 0.1) is 5.56 Å². The highest BCUT2D eigenvalue weighted by Crippen LogP contribution is 2.20. The molecule has 0 fully saturated rings. The molecule has 4 heteroatoms. The van der Waals surface area contributed by atoms with Crippen LogP contribution in [0.15, 0.2) is 48.5 Å². The van der Waals surface area contributed by atoms with Crippen LogP contribution in [-0.4, -0.2) is 17.6 Å². The summed E-state index contributed by atoms with van der Waals surface area (Å²) in [6.45, 7) is 2.26. The fraction of sp³-hybridized carbons (Fsp3) is 0.133. The normalized spacial score (nSPS) is 10.2. The second-order valence-electron chi connectivity index (χ2n) is 4.05. The lowest BCUT2D eigenvalue weighted by atomic mass is 10.1. The Morgan fingerprint density at radius 2 is 1.89 bits per heavy atom. The van der Waals surface area contributed by atoms with E-state index in [0.717, 1.165) is 6.07 Å². The van der Waals surface area contributed by atoms with Gasteiger partial charge in [-0.2, -0.15) is 0 Å². The lowest BCUT2D eigenvalue weighted by molar-refractivity contribution is 0.0984. The van der Waals surface area contributed by atoms with Crippen LogP contribution in [0.4, 0.5) is 10.1 Å². The third-order valence-electron chi connectivity index (χ3n) is 2.81. The molecule has 2 rings (SSSR count). The number of hydrogen-bond acceptors (Lipinski definition) is 2. The number of phenolic OH excluding ortho intramolecular Hbond substituents is 1. The van der Waals surface area contributed by atoms with E-state index in [1.165, 1.54) is 17.0 Å². The first-order valence-electron chi connectivity index (χ1n) is 5.99. The van der Waals surface area contributed by atoms with E-state index in [4.69, 9.17) is 5.11 Å². The van der Waals surface area contributed by atoms with Crippen molar-refractivity contribution in [1.29, 1.82) is 0 Å². The molecule has 0 aliphatic carbocycles. The van der Waals surface area contributed by atoms with Crippen molar-refractivity contribution < 1.29 is 14.3 Å². The van der Waals surface area contributed by atoms with E-state index in [0.29, 0.717) is 12.2 Å². The van der Waals surface area contributed by atoms with Gasteiger partial charge < -0.3 is 10.0 Å². The average molecular weight is 259 g/mol. The maximum absolute atomic E-state index is 13.7. The van der Waals surface area contributed by atoms with E-state index in [1.54, 1.807) is 12.1 Å². The van der Waals surface area contributed by atoms with Crippen LogP contribution >= 0.6 is 0 Å². The van der Waals surface area contributed by atoms with E-state index < -0.39 is 11.7 Å². The standard InChI is InChI=1S/C15H14FNO2/c1-2-17(11-6-4-3-5-7-11)15(19)13-9-8-12(18)10-14(13)16/h3-10,18H,2H2,1H3. The minimum atomic E-state index is -0.723. The number of amides is 1. The van der Waals surface area contributed by atoms with Crippen LogP contribution in [0, 0.1) is 5.82 Å². The Bertz CT molecular complexity index is 584. The highest BCUT2D eigenvalue weighted by Gasteiger charge is 2.19. The fourth-order valence-electron chi connectivity index (χ4n) is 1.87. The zero-order chi connectivity index (χ0) is 13.8. The molecule has 0 heterocycles. The SMILES string of the molecule is CCN(C(=O)c1ccc(O)cc1F)c1ccccc1. The molecule has 0 aromatic heterocycles. The van der Waals surface area contributed by atoms with Crippen LogP contribution in [-0.2, 0) is 0 Å². The van der Waals surface area contributed by atoms with Crippen molar-refractivity contribution in [3.8, 4) is 5.75 Å². The minimum absolute atomic E-state index is 0.0523. The van der Waals surface area contributed by atoms with Gasteiger partial charge in [-0.05, 0) is 31.2 Å². The summed E-state index contributed by atoms with van der Waals surface area (Å²) in [6.07, 6.45) is 0. The topological polar surface area (TPSA) is 40.5 Å². The highest BCUT2D eigenvalue weighted by atomic mass is 19.1. The number of carbonyl (C=O) groups excluding carboxylic acids is 1. The van der Waals surface area contributed by atoms with E-state index in [-0.39, 0.29) is 11.3 Å². The first-order valence-corrected chi connectivity index (χ1v) is 5.99. The Hall–Kier alpha value is -2.36. The summed E-state index contributed by atoms with van der Waals surface area (Å²) in [4.78, 5) is 13.8. The summed E-state index contributed by atoms with van der Waals surface area (Å²) in [6, 6.07) is 12.6. The molecule has 0 aliphatic heterocycles. The second-order valence-corrected chi connectivity index (χ2v) is 4.05. The van der Waals surface area contributed by atoms with Gasteiger partial charge in [0.15, 0.2) is 0 Å². The molecular weight excluding hydrogens is 245 g/mol. The molecule has 1 amide bonds. The molecule has 0 atom stereocenters. The molecule has 3 nitrogen and oxygen atoms in total. The largest absolute Gasteiger partial charge is 0.508 e. The van der Waals surface area contributed by atoms with Gasteiger partial charge >= 0.3 is 0 Å². The van der Waals surface area contributed by atoms with Crippen molar-refractivity contribution >= 4 is 11.6 Å². The number of phenols is 1. The Labute approximate surface area is 110 Å². The summed E-state index contributed by atoms with van der Waals surface area (Å²) in [5.41, 5.74) is 0.658. The summed E-state index contributed by atoms with van der Waals surface area (Å²) in [5, 5.41) is 9.17. The Balaban J connectivity index is 2.36. The lowest BCUT2D eigenvalue weighted by Crippen LogP contribution is -2.31. The third-order valence-corrected chi connectivity index (χ3v) is 2.81. The van der Waals surface area contributed by atoms with Crippen LogP contribution in [0.1, 0.15) is 17.3 Å². The molecule has 0 unspecified atom stereocenters. The monoisotopic (exact) mass is 259 g/mol. The first-order chi connectivity index (χ1) is 9.13. The van der Waals surface area contributed by atoms with Crippen LogP contribution in [0.3, 0.4) is 0 Å². The Morgan fingerprint density at radius 1 is 1.21 bits per heavy atom. The second kappa shape index (κ2) is 5.52. The summed E-state index contributed by atoms with van der Waals surface area (Å²) in [5.74, 6) is -1.35. The fourth-order valence-corrected chi connectivity index (χ4v) is 1.87. The van der Waals surface area contributed by atoms with Gasteiger partial charge in [0.25, 0.3) is 5.91 Å². The van der Waals surface area contributed by atoms with Crippen LogP contribution in [0.5, 0.6) is 5.75 Å². The van der Waals surface area contributed by atoms with Crippen molar-refractivity contribution in [3.05, 3.63) is 59.9 Å². The van der Waals surface area contributed by atoms with Gasteiger partial charge in [-0.1, -0.05) is 18.2 Å². The molecular formula is C15H14FNO2. The summed E-state index contributed by atoms with van der Waals surface area (Å²) >= 11 is 0. The van der Waals surface area contributed by atoms with Gasteiger partial charge in [0, 0.05) is 18.3 Å². The quantitative estimate of drug-likeness (QED) is 0.919. The molecule has 0 saturated carbocycles. The number of halogens is 1. The number of anilines is 1. The smallest absolute Gasteiger partial charge is 0.261 e. The average Bonchev–Trinajstić information content (AvgIpc) is 2.40. The molecule has 0 aliphatic rings. The first kappa shape index (κ1) is 13.1. The molecule has 19 heavy (non-hydrogen) atoms. The maximum atomic E-state index is 13.7. The Morgan fingerprint density at radius 3 is 2.47 bits per heavy atom. The number of benzene rings is 2. The summed E-state index contributed by atoms with van der Waals surface area (Å²) in [7, 11) is 0. The highest BCUT2D eigenvalue weighted by molar-refractivity contribution is 6.06. The zero-order valence-corrected chi connectivity index (χ0v) is 10.5. The minimum Gasteiger partial charge on any atom is -0.508 e. The van der Waals surface area contributed by atoms with E-state index in [9.17, 15) is 9.18 Å². The number of aromatic hydroxyl groups is 1. The number of para-hydroxylation sites is 1. The number of nitrogens with zero attached hydrogens (tertiary/aromatic N) is 1. The Kier molecular flexibility index (Phi) is 3.80. The van der Waals surface area contributed by atoms with Crippen molar-refractivity contribution in [3.63, 3.8) is 0 Å². The van der Waals surface area contributed by atoms with Crippen LogP contribution in [0.25, 0.3) is 0 Å². The molecule has 0 bridgehead atoms. The zero-order valence-electron chi connectivity index (χ0n) is 10.5. The molecule has 0 radical (unpaired) electrons. The maximum Gasteiger partial charge on any atom is 0.261 e. The molecule has 0 saturated heterocycles. The molecule has 0 spiro atoms. The molecule has 98 valence electrons. The van der Waals surface area contributed by atoms with E-state index in [2.05, 4.69) is 0 Å². The number of rotatable bonds is 3. The predicted octanol–water partition coefficient (Wildman–Crippen LogP) is 3.20. The van der Waals surface area contributed by atoms with Crippen molar-refractivity contribution in [2.45, 2.75) is 6.92 Å². The van der Waals surface area contributed by atoms with Gasteiger partial charge in [-0.25, -0.2) is 4.39 Å². The van der Waals surface area contributed by atoms with Crippen molar-refractivity contribution in [2.75, 3.05) is 11.4 Å². The number of hydrogen-bond donors (Lipinski definition) is 1. The number of carbonyl (C=O) groups is 1. The molecule has 1 N–H and O–H groups in total. The van der Waals surface area contributed by atoms with Gasteiger partial charge in [0.1, 0.15) is 11.6 Å². The van der Waals surface area contributed by atoms with Crippen LogP contribution < -0.4 is 4.90 Å². The third kappa shape index (κ3) is 2.73. The van der Waals surface area contributed by atoms with Crippen molar-refractivity contribution in [2.24, 2.45) is 0 Å². The summed E-state index contributed by atoms with van der Waals surface area (Å²) < 4.78 is 13.7. The van der Waals surface area contributed by atoms with E-state index >= 15 is 0 Å². The van der Waals surface area contributed by atoms with Gasteiger partial charge in [-0.3, -0.25) is 4.79 Å². The van der Waals surface area contributed by atoms with Gasteiger partial charge in [-0.15, -0.1) is 0 Å². The molecule has 2 aromatic carbocycles. The molecule has 2 aromatic rings. The predicted molar refractivity (Wildman–Crippen MR) is 71.9 cm³/mol. The van der Waals surface area contributed by atoms with Crippen molar-refractivity contribution in [1.82, 2.24) is 0 Å². The van der Waals surface area contributed by atoms with Gasteiger partial charge in [0.2, 0.25) is 0 Å².